The highest BCUT2D eigenvalue weighted by atomic mass is 32.2. The van der Waals surface area contributed by atoms with Gasteiger partial charge in [-0.15, -0.1) is 11.8 Å². The van der Waals surface area contributed by atoms with Gasteiger partial charge in [0.2, 0.25) is 0 Å². The summed E-state index contributed by atoms with van der Waals surface area (Å²) in [6, 6.07) is 8.02. The van der Waals surface area contributed by atoms with E-state index >= 15 is 0 Å². The molecular weight excluding hydrogens is 497 g/mol. The van der Waals surface area contributed by atoms with Gasteiger partial charge in [-0.25, -0.2) is 22.6 Å². The summed E-state index contributed by atoms with van der Waals surface area (Å²) in [7, 11) is -3.59. The summed E-state index contributed by atoms with van der Waals surface area (Å²) in [4.78, 5) is 5.27. The molecule has 1 aliphatic heterocycles. The Bertz CT molecular complexity index is 1300. The van der Waals surface area contributed by atoms with Crippen LogP contribution >= 0.6 is 11.8 Å². The first-order chi connectivity index (χ1) is 16.8. The van der Waals surface area contributed by atoms with Crippen molar-refractivity contribution in [2.24, 2.45) is 5.92 Å². The molecule has 2 aromatic carbocycles. The van der Waals surface area contributed by atoms with Gasteiger partial charge in [-0.2, -0.15) is 8.42 Å². The maximum Gasteiger partial charge on any atom is 0.276 e. The average molecular weight is 525 g/mol. The monoisotopic (exact) mass is 524 g/mol. The molecule has 0 atom stereocenters. The molecule has 0 bridgehead atoms. The van der Waals surface area contributed by atoms with Crippen LogP contribution < -0.4 is 9.44 Å². The van der Waals surface area contributed by atoms with E-state index in [0.717, 1.165) is 29.8 Å². The molecule has 5 rings (SSSR count). The molecule has 3 N–H and O–H groups in total. The zero-order valence-electron chi connectivity index (χ0n) is 19.0. The Hall–Kier alpha value is -2.05. The number of nitrogens with zero attached hydrogens (tertiary/aromatic N) is 1. The van der Waals surface area contributed by atoms with E-state index in [1.165, 1.54) is 18.2 Å². The number of rotatable bonds is 9. The van der Waals surface area contributed by atoms with E-state index < -0.39 is 21.8 Å². The van der Waals surface area contributed by atoms with Crippen molar-refractivity contribution in [3.05, 3.63) is 59.4 Å². The molecule has 11 heteroatoms. The molecule has 1 saturated carbocycles. The van der Waals surface area contributed by atoms with Crippen molar-refractivity contribution in [3.63, 3.8) is 0 Å². The standard InChI is InChI=1S/C24H27F3N4O2S2/c25-18-3-1-16(2-4-18)23-22(20-11-19(26)12-21(27)24(20)30-23)17-9-15(10-17)13-29-35(32,33)28-5-6-31-7-8-34-14-31/h1-4,11-12,15,17,28-30H,5-10,13-14H2. The molecule has 2 fully saturated rings. The van der Waals surface area contributed by atoms with Crippen LogP contribution in [0.2, 0.25) is 0 Å². The molecule has 1 aromatic heterocycles. The van der Waals surface area contributed by atoms with Crippen molar-refractivity contribution in [3.8, 4) is 11.3 Å². The van der Waals surface area contributed by atoms with Crippen LogP contribution in [0.25, 0.3) is 22.2 Å². The topological polar surface area (TPSA) is 77.2 Å². The molecule has 1 saturated heterocycles. The Kier molecular flexibility index (Phi) is 7.13. The minimum absolute atomic E-state index is 0.000123. The lowest BCUT2D eigenvalue weighted by Gasteiger charge is -2.36. The molecule has 0 unspecified atom stereocenters. The van der Waals surface area contributed by atoms with Crippen LogP contribution in [0.5, 0.6) is 0 Å². The number of fused-ring (bicyclic) bond motifs is 1. The number of halogens is 3. The fourth-order valence-electron chi connectivity index (χ4n) is 4.89. The molecule has 0 radical (unpaired) electrons. The molecule has 188 valence electrons. The van der Waals surface area contributed by atoms with Gasteiger partial charge >= 0.3 is 0 Å². The van der Waals surface area contributed by atoms with Gasteiger partial charge in [-0.3, -0.25) is 4.90 Å². The predicted molar refractivity (Wildman–Crippen MR) is 133 cm³/mol. The van der Waals surface area contributed by atoms with Crippen molar-refractivity contribution >= 4 is 32.9 Å². The minimum atomic E-state index is -3.59. The number of aromatic nitrogens is 1. The van der Waals surface area contributed by atoms with Crippen LogP contribution in [0.1, 0.15) is 24.3 Å². The molecule has 3 aromatic rings. The number of hydrogen-bond donors (Lipinski definition) is 3. The first kappa shape index (κ1) is 24.6. The lowest BCUT2D eigenvalue weighted by Crippen LogP contribution is -2.43. The number of thioether (sulfide) groups is 1. The minimum Gasteiger partial charge on any atom is -0.352 e. The molecule has 35 heavy (non-hydrogen) atoms. The smallest absolute Gasteiger partial charge is 0.276 e. The van der Waals surface area contributed by atoms with E-state index in [0.29, 0.717) is 49.1 Å². The SMILES string of the molecule is O=S(=O)(NCCN1CCSC1)NCC1CC(c2c(-c3ccc(F)cc3)[nH]c3c(F)cc(F)cc23)C1. The second-order valence-corrected chi connectivity index (χ2v) is 11.8. The molecular formula is C24H27F3N4O2S2. The van der Waals surface area contributed by atoms with Gasteiger partial charge in [0.25, 0.3) is 10.2 Å². The quantitative estimate of drug-likeness (QED) is 0.393. The van der Waals surface area contributed by atoms with E-state index in [1.54, 1.807) is 12.1 Å². The van der Waals surface area contributed by atoms with Gasteiger partial charge in [0.15, 0.2) is 0 Å². The summed E-state index contributed by atoms with van der Waals surface area (Å²) in [5.74, 6) is 0.385. The first-order valence-electron chi connectivity index (χ1n) is 11.6. The lowest BCUT2D eigenvalue weighted by atomic mass is 9.70. The van der Waals surface area contributed by atoms with Gasteiger partial charge < -0.3 is 4.98 Å². The van der Waals surface area contributed by atoms with E-state index in [4.69, 9.17) is 0 Å². The summed E-state index contributed by atoms with van der Waals surface area (Å²) < 4.78 is 71.9. The van der Waals surface area contributed by atoms with Gasteiger partial charge in [-0.1, -0.05) is 0 Å². The summed E-state index contributed by atoms with van der Waals surface area (Å²) in [5, 5.41) is 0.465. The van der Waals surface area contributed by atoms with Crippen LogP contribution in [-0.2, 0) is 10.2 Å². The van der Waals surface area contributed by atoms with E-state index in [-0.39, 0.29) is 23.2 Å². The number of hydrogen-bond acceptors (Lipinski definition) is 4. The maximum absolute atomic E-state index is 14.5. The van der Waals surface area contributed by atoms with Gasteiger partial charge in [0, 0.05) is 49.3 Å². The molecule has 2 aliphatic rings. The van der Waals surface area contributed by atoms with E-state index in [2.05, 4.69) is 19.3 Å². The van der Waals surface area contributed by atoms with Crippen molar-refractivity contribution < 1.29 is 21.6 Å². The van der Waals surface area contributed by atoms with Crippen molar-refractivity contribution in [2.75, 3.05) is 37.8 Å². The second kappa shape index (κ2) is 10.1. The molecule has 0 spiro atoms. The van der Waals surface area contributed by atoms with E-state index in [1.807, 2.05) is 11.8 Å². The Balaban J connectivity index is 1.26. The lowest BCUT2D eigenvalue weighted by molar-refractivity contribution is 0.266. The number of H-pyrrole nitrogens is 1. The fourth-order valence-corrected chi connectivity index (χ4v) is 6.84. The second-order valence-electron chi connectivity index (χ2n) is 9.17. The third-order valence-corrected chi connectivity index (χ3v) is 8.90. The summed E-state index contributed by atoms with van der Waals surface area (Å²) in [6.07, 6.45) is 1.35. The van der Waals surface area contributed by atoms with Crippen LogP contribution in [0.15, 0.2) is 36.4 Å². The average Bonchev–Trinajstić information content (AvgIpc) is 3.42. The first-order valence-corrected chi connectivity index (χ1v) is 14.2. The highest BCUT2D eigenvalue weighted by molar-refractivity contribution is 7.99. The normalized spacial score (nSPS) is 21.0. The van der Waals surface area contributed by atoms with Crippen LogP contribution in [0, 0.1) is 23.4 Å². The van der Waals surface area contributed by atoms with Gasteiger partial charge in [0.05, 0.1) is 11.2 Å². The van der Waals surface area contributed by atoms with Crippen molar-refractivity contribution in [2.45, 2.75) is 18.8 Å². The van der Waals surface area contributed by atoms with E-state index in [9.17, 15) is 21.6 Å². The highest BCUT2D eigenvalue weighted by Crippen LogP contribution is 2.48. The zero-order valence-corrected chi connectivity index (χ0v) is 20.6. The fraction of sp³-hybridized carbons (Fsp3) is 0.417. The Morgan fingerprint density at radius 2 is 1.83 bits per heavy atom. The van der Waals surface area contributed by atoms with Crippen molar-refractivity contribution in [1.82, 2.24) is 19.3 Å². The largest absolute Gasteiger partial charge is 0.352 e. The molecule has 1 aliphatic carbocycles. The molecule has 6 nitrogen and oxygen atoms in total. The number of benzene rings is 2. The summed E-state index contributed by atoms with van der Waals surface area (Å²) in [5.41, 5.74) is 2.31. The zero-order chi connectivity index (χ0) is 24.6. The number of nitrogens with one attached hydrogen (secondary N) is 3. The Labute approximate surface area is 206 Å². The Morgan fingerprint density at radius 3 is 2.54 bits per heavy atom. The van der Waals surface area contributed by atoms with Gasteiger partial charge in [-0.05, 0) is 66.1 Å². The summed E-state index contributed by atoms with van der Waals surface area (Å²) in [6.45, 7) is 2.31. The van der Waals surface area contributed by atoms with Crippen molar-refractivity contribution in [1.29, 1.82) is 0 Å². The van der Waals surface area contributed by atoms with Crippen LogP contribution in [0.4, 0.5) is 13.2 Å². The summed E-state index contributed by atoms with van der Waals surface area (Å²) >= 11 is 1.84. The molecule has 0 amide bonds. The number of aromatic amines is 1. The molecule has 2 heterocycles. The maximum atomic E-state index is 14.5. The predicted octanol–water partition coefficient (Wildman–Crippen LogP) is 4.18. The van der Waals surface area contributed by atoms with Crippen LogP contribution in [-0.4, -0.2) is 56.1 Å². The third kappa shape index (κ3) is 5.54. The Morgan fingerprint density at radius 1 is 1.06 bits per heavy atom. The van der Waals surface area contributed by atoms with Gasteiger partial charge in [0.1, 0.15) is 17.5 Å². The third-order valence-electron chi connectivity index (χ3n) is 6.75. The highest BCUT2D eigenvalue weighted by Gasteiger charge is 2.35. The van der Waals surface area contributed by atoms with Crippen LogP contribution in [0.3, 0.4) is 0 Å².